The molecule has 4 heterocycles. The minimum Gasteiger partial charge on any atom is -0.371 e. The molecule has 0 aromatic carbocycles. The van der Waals surface area contributed by atoms with Gasteiger partial charge in [-0.05, 0) is 25.7 Å². The summed E-state index contributed by atoms with van der Waals surface area (Å²) in [5, 5.41) is 9.09. The highest BCUT2D eigenvalue weighted by molar-refractivity contribution is 7.13. The maximum atomic E-state index is 12.7. The van der Waals surface area contributed by atoms with Crippen LogP contribution in [0.25, 0.3) is 0 Å². The van der Waals surface area contributed by atoms with E-state index in [4.69, 9.17) is 4.74 Å². The van der Waals surface area contributed by atoms with Gasteiger partial charge in [0.05, 0.1) is 6.20 Å². The molecule has 2 aliphatic rings. The Kier molecular flexibility index (Phi) is 4.32. The largest absolute Gasteiger partial charge is 0.371 e. The number of hydrogen-bond acceptors (Lipinski definition) is 6. The van der Waals surface area contributed by atoms with E-state index in [1.807, 2.05) is 16.5 Å². The average Bonchev–Trinajstić information content (AvgIpc) is 3.35. The fourth-order valence-electron chi connectivity index (χ4n) is 3.47. The highest BCUT2D eigenvalue weighted by Gasteiger charge is 2.29. The van der Waals surface area contributed by atoms with E-state index in [0.717, 1.165) is 61.1 Å². The van der Waals surface area contributed by atoms with Crippen molar-refractivity contribution in [3.05, 3.63) is 28.2 Å². The average molecular weight is 347 g/mol. The van der Waals surface area contributed by atoms with Crippen LogP contribution in [0, 0.1) is 0 Å². The minimum absolute atomic E-state index is 0.0817. The molecular formula is C16H21N5O2S. The van der Waals surface area contributed by atoms with Crippen molar-refractivity contribution in [3.8, 4) is 0 Å². The molecule has 4 rings (SSSR count). The first-order valence-electron chi connectivity index (χ1n) is 8.43. The zero-order valence-electron chi connectivity index (χ0n) is 13.7. The molecule has 1 amide bonds. The number of carbonyl (C=O) groups excluding carboxylic acids is 1. The summed E-state index contributed by atoms with van der Waals surface area (Å²) in [7, 11) is 1.97. The van der Waals surface area contributed by atoms with E-state index in [2.05, 4.69) is 15.2 Å². The summed E-state index contributed by atoms with van der Waals surface area (Å²) in [6.07, 6.45) is 7.45. The second kappa shape index (κ2) is 6.60. The first-order valence-corrected chi connectivity index (χ1v) is 9.24. The van der Waals surface area contributed by atoms with Gasteiger partial charge in [0, 0.05) is 32.7 Å². The first kappa shape index (κ1) is 15.7. The number of aromatic nitrogens is 4. The standard InChI is InChI=1S/C16H21N5O2S/c1-20-10-18-19-14(20)11-4-6-21(7-5-11)16(22)13-9-17-15(24-13)12-3-2-8-23-12/h9-12H,2-8H2,1H3. The summed E-state index contributed by atoms with van der Waals surface area (Å²) >= 11 is 1.48. The second-order valence-corrected chi connectivity index (χ2v) is 7.49. The van der Waals surface area contributed by atoms with Crippen molar-refractivity contribution in [2.24, 2.45) is 7.05 Å². The summed E-state index contributed by atoms with van der Waals surface area (Å²) in [4.78, 5) is 19.8. The van der Waals surface area contributed by atoms with E-state index in [1.54, 1.807) is 12.5 Å². The topological polar surface area (TPSA) is 73.1 Å². The molecule has 2 aromatic rings. The van der Waals surface area contributed by atoms with E-state index in [-0.39, 0.29) is 12.0 Å². The lowest BCUT2D eigenvalue weighted by atomic mass is 9.96. The van der Waals surface area contributed by atoms with Gasteiger partial charge < -0.3 is 14.2 Å². The molecule has 0 radical (unpaired) electrons. The number of hydrogen-bond donors (Lipinski definition) is 0. The molecule has 2 aromatic heterocycles. The van der Waals surface area contributed by atoms with Gasteiger partial charge in [0.2, 0.25) is 0 Å². The van der Waals surface area contributed by atoms with Gasteiger partial charge >= 0.3 is 0 Å². The lowest BCUT2D eigenvalue weighted by Crippen LogP contribution is -2.38. The Labute approximate surface area is 144 Å². The Morgan fingerprint density at radius 1 is 1.33 bits per heavy atom. The van der Waals surface area contributed by atoms with Crippen LogP contribution in [0.15, 0.2) is 12.5 Å². The molecule has 8 heteroatoms. The molecule has 1 unspecified atom stereocenters. The lowest BCUT2D eigenvalue weighted by molar-refractivity contribution is 0.0715. The quantitative estimate of drug-likeness (QED) is 0.850. The van der Waals surface area contributed by atoms with Crippen LogP contribution in [0.2, 0.25) is 0 Å². The Bertz CT molecular complexity index is 714. The highest BCUT2D eigenvalue weighted by Crippen LogP contribution is 2.32. The van der Waals surface area contributed by atoms with Crippen LogP contribution in [0.3, 0.4) is 0 Å². The van der Waals surface area contributed by atoms with Crippen LogP contribution in [0.1, 0.15) is 58.2 Å². The van der Waals surface area contributed by atoms with Gasteiger partial charge in [-0.3, -0.25) is 4.79 Å². The lowest BCUT2D eigenvalue weighted by Gasteiger charge is -2.31. The number of aryl methyl sites for hydroxylation is 1. The predicted octanol–water partition coefficient (Wildman–Crippen LogP) is 2.14. The van der Waals surface area contributed by atoms with Crippen LogP contribution in [-0.4, -0.2) is 50.3 Å². The molecule has 2 fully saturated rings. The van der Waals surface area contributed by atoms with E-state index in [0.29, 0.717) is 5.92 Å². The number of rotatable bonds is 3. The van der Waals surface area contributed by atoms with Crippen molar-refractivity contribution in [1.29, 1.82) is 0 Å². The van der Waals surface area contributed by atoms with Gasteiger partial charge in [-0.25, -0.2) is 4.98 Å². The molecular weight excluding hydrogens is 326 g/mol. The van der Waals surface area contributed by atoms with Crippen molar-refractivity contribution >= 4 is 17.2 Å². The molecule has 0 saturated carbocycles. The predicted molar refractivity (Wildman–Crippen MR) is 88.9 cm³/mol. The fourth-order valence-corrected chi connectivity index (χ4v) is 4.44. The van der Waals surface area contributed by atoms with Crippen molar-refractivity contribution in [2.75, 3.05) is 19.7 Å². The minimum atomic E-state index is 0.0817. The maximum absolute atomic E-state index is 12.7. The third-order valence-corrected chi connectivity index (χ3v) is 5.91. The Morgan fingerprint density at radius 2 is 2.17 bits per heavy atom. The van der Waals surface area contributed by atoms with Gasteiger partial charge in [0.15, 0.2) is 0 Å². The summed E-state index contributed by atoms with van der Waals surface area (Å²) in [5.41, 5.74) is 0. The van der Waals surface area contributed by atoms with Gasteiger partial charge in [0.1, 0.15) is 28.1 Å². The van der Waals surface area contributed by atoms with Crippen molar-refractivity contribution in [3.63, 3.8) is 0 Å². The van der Waals surface area contributed by atoms with Crippen LogP contribution < -0.4 is 0 Å². The summed E-state index contributed by atoms with van der Waals surface area (Å²) in [5.74, 6) is 1.49. The smallest absolute Gasteiger partial charge is 0.265 e. The van der Waals surface area contributed by atoms with E-state index in [9.17, 15) is 4.79 Å². The molecule has 2 saturated heterocycles. The van der Waals surface area contributed by atoms with E-state index < -0.39 is 0 Å². The molecule has 2 aliphatic heterocycles. The molecule has 0 aliphatic carbocycles. The molecule has 0 N–H and O–H groups in total. The summed E-state index contributed by atoms with van der Waals surface area (Å²) in [6, 6.07) is 0. The second-order valence-electron chi connectivity index (χ2n) is 6.43. The number of piperidine rings is 1. The Hall–Kier alpha value is -1.80. The number of carbonyl (C=O) groups is 1. The number of nitrogens with zero attached hydrogens (tertiary/aromatic N) is 5. The Morgan fingerprint density at radius 3 is 2.83 bits per heavy atom. The van der Waals surface area contributed by atoms with Gasteiger partial charge in [-0.2, -0.15) is 0 Å². The maximum Gasteiger partial charge on any atom is 0.265 e. The Balaban J connectivity index is 1.38. The van der Waals surface area contributed by atoms with Crippen molar-refractivity contribution in [1.82, 2.24) is 24.6 Å². The van der Waals surface area contributed by atoms with E-state index >= 15 is 0 Å². The number of amides is 1. The van der Waals surface area contributed by atoms with Crippen LogP contribution in [0.5, 0.6) is 0 Å². The molecule has 7 nitrogen and oxygen atoms in total. The number of ether oxygens (including phenoxy) is 1. The normalized spacial score (nSPS) is 22.2. The van der Waals surface area contributed by atoms with Crippen LogP contribution >= 0.6 is 11.3 Å². The van der Waals surface area contributed by atoms with E-state index in [1.165, 1.54) is 11.3 Å². The fraction of sp³-hybridized carbons (Fsp3) is 0.625. The number of thiazole rings is 1. The SMILES string of the molecule is Cn1cnnc1C1CCN(C(=O)c2cnc(C3CCCO3)s2)CC1. The number of likely N-dealkylation sites (tertiary alicyclic amines) is 1. The molecule has 0 bridgehead atoms. The van der Waals surface area contributed by atoms with Crippen molar-refractivity contribution in [2.45, 2.75) is 37.7 Å². The van der Waals surface area contributed by atoms with Gasteiger partial charge in [-0.15, -0.1) is 21.5 Å². The summed E-state index contributed by atoms with van der Waals surface area (Å²) in [6.45, 7) is 2.30. The zero-order chi connectivity index (χ0) is 16.5. The molecule has 24 heavy (non-hydrogen) atoms. The first-order chi connectivity index (χ1) is 11.7. The monoisotopic (exact) mass is 347 g/mol. The van der Waals surface area contributed by atoms with Gasteiger partial charge in [0.25, 0.3) is 5.91 Å². The molecule has 128 valence electrons. The van der Waals surface area contributed by atoms with Gasteiger partial charge in [-0.1, -0.05) is 0 Å². The molecule has 1 atom stereocenters. The molecule has 0 spiro atoms. The van der Waals surface area contributed by atoms with Crippen LogP contribution in [-0.2, 0) is 11.8 Å². The summed E-state index contributed by atoms with van der Waals surface area (Å²) < 4.78 is 7.62. The van der Waals surface area contributed by atoms with Crippen LogP contribution in [0.4, 0.5) is 0 Å². The third-order valence-electron chi connectivity index (χ3n) is 4.83. The zero-order valence-corrected chi connectivity index (χ0v) is 14.5. The van der Waals surface area contributed by atoms with Crippen molar-refractivity contribution < 1.29 is 9.53 Å². The highest BCUT2D eigenvalue weighted by atomic mass is 32.1. The third kappa shape index (κ3) is 2.95.